The fourth-order valence-corrected chi connectivity index (χ4v) is 2.19. The Labute approximate surface area is 123 Å². The SMILES string of the molecule is CC(O)c1ccccc1NC(C)c1ccc([N+](=O)[O-])cc1. The Kier molecular flexibility index (Phi) is 4.55. The Morgan fingerprint density at radius 2 is 1.71 bits per heavy atom. The van der Waals surface area contributed by atoms with Gasteiger partial charge in [0.15, 0.2) is 0 Å². The van der Waals surface area contributed by atoms with E-state index in [1.54, 1.807) is 19.1 Å². The normalized spacial score (nSPS) is 13.5. The molecule has 0 aliphatic carbocycles. The van der Waals surface area contributed by atoms with Crippen LogP contribution in [0.5, 0.6) is 0 Å². The van der Waals surface area contributed by atoms with Crippen LogP contribution in [0.4, 0.5) is 11.4 Å². The first-order valence-corrected chi connectivity index (χ1v) is 6.77. The maximum atomic E-state index is 10.7. The van der Waals surface area contributed by atoms with E-state index in [-0.39, 0.29) is 11.7 Å². The predicted molar refractivity (Wildman–Crippen MR) is 82.2 cm³/mol. The zero-order chi connectivity index (χ0) is 15.4. The van der Waals surface area contributed by atoms with Crippen molar-refractivity contribution in [2.45, 2.75) is 26.0 Å². The van der Waals surface area contributed by atoms with E-state index < -0.39 is 11.0 Å². The van der Waals surface area contributed by atoms with Crippen LogP contribution in [0.15, 0.2) is 48.5 Å². The van der Waals surface area contributed by atoms with Gasteiger partial charge in [-0.15, -0.1) is 0 Å². The monoisotopic (exact) mass is 286 g/mol. The average molecular weight is 286 g/mol. The van der Waals surface area contributed by atoms with E-state index >= 15 is 0 Å². The molecule has 0 bridgehead atoms. The van der Waals surface area contributed by atoms with E-state index in [1.807, 2.05) is 31.2 Å². The number of aliphatic hydroxyl groups excluding tert-OH is 1. The number of aliphatic hydroxyl groups is 1. The Bertz CT molecular complexity index is 624. The van der Waals surface area contributed by atoms with Gasteiger partial charge in [0.05, 0.1) is 11.0 Å². The Hall–Kier alpha value is -2.40. The van der Waals surface area contributed by atoms with Gasteiger partial charge in [0.2, 0.25) is 0 Å². The first-order chi connectivity index (χ1) is 9.99. The zero-order valence-electron chi connectivity index (χ0n) is 12.0. The fraction of sp³-hybridized carbons (Fsp3) is 0.250. The minimum absolute atomic E-state index is 0.0225. The van der Waals surface area contributed by atoms with Crippen molar-refractivity contribution in [2.24, 2.45) is 0 Å². The molecule has 110 valence electrons. The van der Waals surface area contributed by atoms with Gasteiger partial charge in [0.25, 0.3) is 5.69 Å². The molecule has 0 fully saturated rings. The fourth-order valence-electron chi connectivity index (χ4n) is 2.19. The maximum Gasteiger partial charge on any atom is 0.269 e. The van der Waals surface area contributed by atoms with Crippen molar-refractivity contribution < 1.29 is 10.0 Å². The highest BCUT2D eigenvalue weighted by Gasteiger charge is 2.12. The largest absolute Gasteiger partial charge is 0.389 e. The van der Waals surface area contributed by atoms with Gasteiger partial charge in [-0.05, 0) is 25.5 Å². The molecule has 2 atom stereocenters. The predicted octanol–water partition coefficient (Wildman–Crippen LogP) is 3.82. The van der Waals surface area contributed by atoms with Gasteiger partial charge >= 0.3 is 0 Å². The van der Waals surface area contributed by atoms with E-state index in [0.29, 0.717) is 0 Å². The quantitative estimate of drug-likeness (QED) is 0.647. The molecular formula is C16H18N2O3. The topological polar surface area (TPSA) is 75.4 Å². The van der Waals surface area contributed by atoms with E-state index in [1.165, 1.54) is 12.1 Å². The third kappa shape index (κ3) is 3.58. The van der Waals surface area contributed by atoms with Crippen LogP contribution in [0.1, 0.15) is 37.1 Å². The van der Waals surface area contributed by atoms with Gasteiger partial charge < -0.3 is 10.4 Å². The number of rotatable bonds is 5. The van der Waals surface area contributed by atoms with Crippen LogP contribution < -0.4 is 5.32 Å². The highest BCUT2D eigenvalue weighted by atomic mass is 16.6. The molecule has 2 aromatic rings. The molecule has 5 nitrogen and oxygen atoms in total. The van der Waals surface area contributed by atoms with Gasteiger partial charge in [-0.3, -0.25) is 10.1 Å². The van der Waals surface area contributed by atoms with E-state index in [9.17, 15) is 15.2 Å². The average Bonchev–Trinajstić information content (AvgIpc) is 2.47. The number of para-hydroxylation sites is 1. The summed E-state index contributed by atoms with van der Waals surface area (Å²) >= 11 is 0. The van der Waals surface area contributed by atoms with Crippen LogP contribution in [0.3, 0.4) is 0 Å². The third-order valence-corrected chi connectivity index (χ3v) is 3.39. The maximum absolute atomic E-state index is 10.7. The zero-order valence-corrected chi connectivity index (χ0v) is 12.0. The minimum atomic E-state index is -0.558. The highest BCUT2D eigenvalue weighted by Crippen LogP contribution is 2.27. The lowest BCUT2D eigenvalue weighted by molar-refractivity contribution is -0.384. The second-order valence-corrected chi connectivity index (χ2v) is 4.98. The smallest absolute Gasteiger partial charge is 0.269 e. The summed E-state index contributed by atoms with van der Waals surface area (Å²) in [6.45, 7) is 3.69. The lowest BCUT2D eigenvalue weighted by Crippen LogP contribution is -2.09. The van der Waals surface area contributed by atoms with E-state index in [2.05, 4.69) is 5.32 Å². The van der Waals surface area contributed by atoms with Crippen molar-refractivity contribution >= 4 is 11.4 Å². The van der Waals surface area contributed by atoms with Crippen molar-refractivity contribution in [3.63, 3.8) is 0 Å². The van der Waals surface area contributed by atoms with E-state index in [4.69, 9.17) is 0 Å². The number of benzene rings is 2. The number of hydrogen-bond acceptors (Lipinski definition) is 4. The molecule has 0 aromatic heterocycles. The van der Waals surface area contributed by atoms with Crippen molar-refractivity contribution in [2.75, 3.05) is 5.32 Å². The first-order valence-electron chi connectivity index (χ1n) is 6.77. The number of anilines is 1. The molecule has 0 aliphatic heterocycles. The number of nitrogens with one attached hydrogen (secondary N) is 1. The highest BCUT2D eigenvalue weighted by molar-refractivity contribution is 5.53. The van der Waals surface area contributed by atoms with Crippen LogP contribution in [0.2, 0.25) is 0 Å². The third-order valence-electron chi connectivity index (χ3n) is 3.39. The van der Waals surface area contributed by atoms with Crippen LogP contribution in [0, 0.1) is 10.1 Å². The summed E-state index contributed by atoms with van der Waals surface area (Å²) in [7, 11) is 0. The van der Waals surface area contributed by atoms with Crippen LogP contribution >= 0.6 is 0 Å². The molecule has 0 spiro atoms. The van der Waals surface area contributed by atoms with Crippen LogP contribution in [-0.4, -0.2) is 10.0 Å². The number of hydrogen-bond donors (Lipinski definition) is 2. The molecule has 2 N–H and O–H groups in total. The molecule has 0 amide bonds. The molecule has 5 heteroatoms. The van der Waals surface area contributed by atoms with Crippen LogP contribution in [0.25, 0.3) is 0 Å². The lowest BCUT2D eigenvalue weighted by Gasteiger charge is -2.19. The summed E-state index contributed by atoms with van der Waals surface area (Å²) in [4.78, 5) is 10.2. The summed E-state index contributed by atoms with van der Waals surface area (Å²) in [6.07, 6.45) is -0.558. The summed E-state index contributed by atoms with van der Waals surface area (Å²) in [6, 6.07) is 14.0. The second kappa shape index (κ2) is 6.37. The standard InChI is InChI=1S/C16H18N2O3/c1-11(13-7-9-14(10-8-13)18(20)21)17-16-6-4-3-5-15(16)12(2)19/h3-12,17,19H,1-2H3. The summed E-state index contributed by atoms with van der Waals surface area (Å²) < 4.78 is 0. The Morgan fingerprint density at radius 1 is 1.10 bits per heavy atom. The second-order valence-electron chi connectivity index (χ2n) is 4.98. The van der Waals surface area contributed by atoms with E-state index in [0.717, 1.165) is 16.8 Å². The molecule has 2 rings (SSSR count). The molecule has 21 heavy (non-hydrogen) atoms. The molecule has 0 aliphatic rings. The van der Waals surface area contributed by atoms with Gasteiger partial charge in [-0.1, -0.05) is 30.3 Å². The number of nitro benzene ring substituents is 1. The van der Waals surface area contributed by atoms with Gasteiger partial charge in [0.1, 0.15) is 0 Å². The Morgan fingerprint density at radius 3 is 2.29 bits per heavy atom. The summed E-state index contributed by atoms with van der Waals surface area (Å²) in [5.74, 6) is 0. The van der Waals surface area contributed by atoms with Crippen molar-refractivity contribution in [3.8, 4) is 0 Å². The molecule has 2 aromatic carbocycles. The number of non-ortho nitro benzene ring substituents is 1. The molecule has 0 radical (unpaired) electrons. The van der Waals surface area contributed by atoms with Gasteiger partial charge in [-0.2, -0.15) is 0 Å². The Balaban J connectivity index is 2.18. The summed E-state index contributed by atoms with van der Waals surface area (Å²) in [5.41, 5.74) is 2.71. The molecular weight excluding hydrogens is 268 g/mol. The van der Waals surface area contributed by atoms with Crippen molar-refractivity contribution in [1.29, 1.82) is 0 Å². The van der Waals surface area contributed by atoms with Crippen LogP contribution in [-0.2, 0) is 0 Å². The molecule has 0 heterocycles. The number of nitro groups is 1. The molecule has 0 saturated carbocycles. The lowest BCUT2D eigenvalue weighted by atomic mass is 10.0. The summed E-state index contributed by atoms with van der Waals surface area (Å²) in [5, 5.41) is 23.8. The molecule has 2 unspecified atom stereocenters. The minimum Gasteiger partial charge on any atom is -0.389 e. The number of nitrogens with zero attached hydrogens (tertiary/aromatic N) is 1. The van der Waals surface area contributed by atoms with Crippen molar-refractivity contribution in [3.05, 3.63) is 69.8 Å². The molecule has 0 saturated heterocycles. The van der Waals surface area contributed by atoms with Gasteiger partial charge in [-0.25, -0.2) is 0 Å². The first kappa shape index (κ1) is 15.0. The van der Waals surface area contributed by atoms with Gasteiger partial charge in [0, 0.05) is 29.4 Å². The van der Waals surface area contributed by atoms with Crippen molar-refractivity contribution in [1.82, 2.24) is 0 Å².